The third kappa shape index (κ3) is 2.78. The lowest BCUT2D eigenvalue weighted by Crippen LogP contribution is -1.88. The second-order valence-electron chi connectivity index (χ2n) is 3.96. The molecule has 3 rings (SSSR count). The fraction of sp³-hybridized carbons (Fsp3) is 0.0714. The molecule has 0 bridgehead atoms. The van der Waals surface area contributed by atoms with E-state index in [2.05, 4.69) is 50.7 Å². The predicted molar refractivity (Wildman–Crippen MR) is 88.8 cm³/mol. The first-order valence-corrected chi connectivity index (χ1v) is 8.56. The monoisotopic (exact) mass is 350 g/mol. The molecule has 0 saturated heterocycles. The zero-order chi connectivity index (χ0) is 13.2. The lowest BCUT2D eigenvalue weighted by Gasteiger charge is -2.01. The number of aromatic nitrogens is 1. The summed E-state index contributed by atoms with van der Waals surface area (Å²) in [6.45, 7) is 0. The van der Waals surface area contributed by atoms with Crippen LogP contribution in [0.4, 0.5) is 10.8 Å². The smallest absolute Gasteiger partial charge is 0.188 e. The predicted octanol–water partition coefficient (Wildman–Crippen LogP) is 5.52. The number of hydrogen-bond donors (Lipinski definition) is 1. The van der Waals surface area contributed by atoms with Crippen LogP contribution < -0.4 is 5.32 Å². The fourth-order valence-corrected chi connectivity index (χ4v) is 3.77. The number of thioether (sulfide) groups is 1. The van der Waals surface area contributed by atoms with Crippen LogP contribution in [0.2, 0.25) is 0 Å². The maximum Gasteiger partial charge on any atom is 0.188 e. The van der Waals surface area contributed by atoms with Crippen LogP contribution >= 0.6 is 39.0 Å². The van der Waals surface area contributed by atoms with Gasteiger partial charge in [-0.05, 0) is 36.6 Å². The molecule has 0 aliphatic heterocycles. The molecule has 0 saturated carbocycles. The Balaban J connectivity index is 1.98. The molecule has 0 spiro atoms. The first-order chi connectivity index (χ1) is 9.26. The quantitative estimate of drug-likeness (QED) is 0.629. The van der Waals surface area contributed by atoms with Crippen molar-refractivity contribution in [2.45, 2.75) is 4.90 Å². The van der Waals surface area contributed by atoms with Gasteiger partial charge in [0.25, 0.3) is 0 Å². The summed E-state index contributed by atoms with van der Waals surface area (Å²) in [6.07, 6.45) is 2.08. The Labute approximate surface area is 128 Å². The van der Waals surface area contributed by atoms with Crippen LogP contribution in [0.1, 0.15) is 0 Å². The van der Waals surface area contributed by atoms with E-state index in [4.69, 9.17) is 0 Å². The van der Waals surface area contributed by atoms with Crippen LogP contribution in [0.25, 0.3) is 10.2 Å². The summed E-state index contributed by atoms with van der Waals surface area (Å²) in [5.74, 6) is 0. The van der Waals surface area contributed by atoms with Crippen LogP contribution in [-0.2, 0) is 0 Å². The Kier molecular flexibility index (Phi) is 3.77. The zero-order valence-corrected chi connectivity index (χ0v) is 13.4. The van der Waals surface area contributed by atoms with Gasteiger partial charge in [0.2, 0.25) is 0 Å². The van der Waals surface area contributed by atoms with Crippen LogP contribution in [0.3, 0.4) is 0 Å². The topological polar surface area (TPSA) is 24.9 Å². The van der Waals surface area contributed by atoms with E-state index in [9.17, 15) is 0 Å². The maximum atomic E-state index is 4.68. The largest absolute Gasteiger partial charge is 0.331 e. The van der Waals surface area contributed by atoms with Crippen LogP contribution in [0.5, 0.6) is 0 Å². The van der Waals surface area contributed by atoms with Gasteiger partial charge in [0, 0.05) is 15.1 Å². The lowest BCUT2D eigenvalue weighted by molar-refractivity contribution is 1.39. The van der Waals surface area contributed by atoms with Crippen molar-refractivity contribution in [2.75, 3.05) is 11.6 Å². The minimum Gasteiger partial charge on any atom is -0.331 e. The average Bonchev–Trinajstić information content (AvgIpc) is 2.80. The highest BCUT2D eigenvalue weighted by atomic mass is 79.9. The summed E-state index contributed by atoms with van der Waals surface area (Å²) < 4.78 is 2.27. The second-order valence-corrected chi connectivity index (χ2v) is 6.76. The molecule has 1 heterocycles. The van der Waals surface area contributed by atoms with Crippen molar-refractivity contribution in [3.05, 3.63) is 46.9 Å². The Morgan fingerprint density at radius 3 is 2.84 bits per heavy atom. The Hall–Kier alpha value is -1.04. The summed E-state index contributed by atoms with van der Waals surface area (Å²) in [7, 11) is 0. The van der Waals surface area contributed by atoms with Gasteiger partial charge in [-0.3, -0.25) is 0 Å². The lowest BCUT2D eigenvalue weighted by atomic mass is 10.3. The molecule has 0 aliphatic rings. The molecule has 1 N–H and O–H groups in total. The van der Waals surface area contributed by atoms with Crippen molar-refractivity contribution >= 4 is 60.1 Å². The number of nitrogens with zero attached hydrogens (tertiary/aromatic N) is 1. The number of halogens is 1. The molecule has 0 fully saturated rings. The maximum absolute atomic E-state index is 4.68. The first kappa shape index (κ1) is 13.0. The van der Waals surface area contributed by atoms with E-state index in [0.717, 1.165) is 20.8 Å². The number of thiazole rings is 1. The molecule has 1 aromatic heterocycles. The van der Waals surface area contributed by atoms with Crippen molar-refractivity contribution in [1.82, 2.24) is 4.98 Å². The molecule has 0 amide bonds. The van der Waals surface area contributed by atoms with E-state index < -0.39 is 0 Å². The Bertz CT molecular complexity index is 724. The van der Waals surface area contributed by atoms with Crippen LogP contribution in [0.15, 0.2) is 51.8 Å². The van der Waals surface area contributed by atoms with E-state index in [0.29, 0.717) is 0 Å². The van der Waals surface area contributed by atoms with Crippen molar-refractivity contribution in [3.63, 3.8) is 0 Å². The van der Waals surface area contributed by atoms with Gasteiger partial charge in [-0.15, -0.1) is 11.8 Å². The van der Waals surface area contributed by atoms with Crippen molar-refractivity contribution in [3.8, 4) is 0 Å². The van der Waals surface area contributed by atoms with Gasteiger partial charge < -0.3 is 5.32 Å². The Morgan fingerprint density at radius 1 is 1.21 bits per heavy atom. The molecule has 0 aliphatic carbocycles. The van der Waals surface area contributed by atoms with E-state index in [1.165, 1.54) is 9.60 Å². The number of hydrogen-bond acceptors (Lipinski definition) is 4. The van der Waals surface area contributed by atoms with E-state index in [1.807, 2.05) is 24.3 Å². The summed E-state index contributed by atoms with van der Waals surface area (Å²) >= 11 is 6.88. The molecule has 2 aromatic carbocycles. The standard InChI is InChI=1S/C14H11BrN2S2/c1-18-11-6-3-7-12-13(11)17-14(19-12)16-10-5-2-4-9(15)8-10/h2-8H,1H3,(H,16,17). The van der Waals surface area contributed by atoms with Crippen LogP contribution in [-0.4, -0.2) is 11.2 Å². The molecule has 96 valence electrons. The number of anilines is 2. The molecule has 3 aromatic rings. The van der Waals surface area contributed by atoms with Gasteiger partial charge in [-0.1, -0.05) is 39.4 Å². The van der Waals surface area contributed by atoms with Gasteiger partial charge >= 0.3 is 0 Å². The van der Waals surface area contributed by atoms with Gasteiger partial charge in [0.05, 0.1) is 10.2 Å². The first-order valence-electron chi connectivity index (χ1n) is 5.72. The average molecular weight is 351 g/mol. The minimum atomic E-state index is 0.926. The van der Waals surface area contributed by atoms with Gasteiger partial charge in [0.1, 0.15) is 0 Å². The normalized spacial score (nSPS) is 10.8. The number of fused-ring (bicyclic) bond motifs is 1. The zero-order valence-electron chi connectivity index (χ0n) is 10.2. The number of nitrogens with one attached hydrogen (secondary N) is 1. The molecule has 0 unspecified atom stereocenters. The third-order valence-corrected chi connectivity index (χ3v) is 4.88. The van der Waals surface area contributed by atoms with Gasteiger partial charge in [-0.2, -0.15) is 0 Å². The Morgan fingerprint density at radius 2 is 2.05 bits per heavy atom. The van der Waals surface area contributed by atoms with Gasteiger partial charge in [0.15, 0.2) is 5.13 Å². The molecule has 5 heteroatoms. The number of benzene rings is 2. The molecular weight excluding hydrogens is 340 g/mol. The van der Waals surface area contributed by atoms with E-state index in [-0.39, 0.29) is 0 Å². The van der Waals surface area contributed by atoms with Crippen molar-refractivity contribution in [2.24, 2.45) is 0 Å². The summed E-state index contributed by atoms with van der Waals surface area (Å²) in [4.78, 5) is 5.90. The molecule has 0 atom stereocenters. The third-order valence-electron chi connectivity index (χ3n) is 2.68. The minimum absolute atomic E-state index is 0.926. The highest BCUT2D eigenvalue weighted by Gasteiger charge is 2.07. The highest BCUT2D eigenvalue weighted by molar-refractivity contribution is 9.10. The van der Waals surface area contributed by atoms with Crippen molar-refractivity contribution in [1.29, 1.82) is 0 Å². The number of rotatable bonds is 3. The fourth-order valence-electron chi connectivity index (χ4n) is 1.83. The second kappa shape index (κ2) is 5.53. The number of para-hydroxylation sites is 1. The molecular formula is C14H11BrN2S2. The summed E-state index contributed by atoms with van der Waals surface area (Å²) in [5, 5.41) is 4.28. The van der Waals surface area contributed by atoms with Crippen LogP contribution in [0, 0.1) is 0 Å². The van der Waals surface area contributed by atoms with E-state index in [1.54, 1.807) is 23.1 Å². The molecule has 2 nitrogen and oxygen atoms in total. The summed E-state index contributed by atoms with van der Waals surface area (Å²) in [6, 6.07) is 14.4. The van der Waals surface area contributed by atoms with Gasteiger partial charge in [-0.25, -0.2) is 4.98 Å². The van der Waals surface area contributed by atoms with Crippen molar-refractivity contribution < 1.29 is 0 Å². The molecule has 0 radical (unpaired) electrons. The molecule has 19 heavy (non-hydrogen) atoms. The van der Waals surface area contributed by atoms with E-state index >= 15 is 0 Å². The summed E-state index contributed by atoms with van der Waals surface area (Å²) in [5.41, 5.74) is 2.12. The SMILES string of the molecule is CSc1cccc2sc(Nc3cccc(Br)c3)nc12. The highest BCUT2D eigenvalue weighted by Crippen LogP contribution is 2.33.